The molecule has 1 aromatic rings. The Labute approximate surface area is 105 Å². The van der Waals surface area contributed by atoms with Crippen LogP contribution in [-0.4, -0.2) is 20.4 Å². The number of carbonyl (C=O) groups is 1. The number of rotatable bonds is 3. The zero-order valence-electron chi connectivity index (χ0n) is 9.40. The van der Waals surface area contributed by atoms with Crippen molar-refractivity contribution in [1.82, 2.24) is 5.32 Å². The van der Waals surface area contributed by atoms with E-state index in [-0.39, 0.29) is 21.5 Å². The molecule has 94 valence electrons. The van der Waals surface area contributed by atoms with E-state index >= 15 is 0 Å². The van der Waals surface area contributed by atoms with Crippen LogP contribution in [0.3, 0.4) is 0 Å². The van der Waals surface area contributed by atoms with Crippen LogP contribution in [0.15, 0.2) is 23.1 Å². The van der Waals surface area contributed by atoms with Gasteiger partial charge in [-0.05, 0) is 32.0 Å². The van der Waals surface area contributed by atoms with Crippen LogP contribution in [0.4, 0.5) is 0 Å². The lowest BCUT2D eigenvalue weighted by Crippen LogP contribution is -2.30. The fourth-order valence-corrected chi connectivity index (χ4v) is 2.09. The predicted molar refractivity (Wildman–Crippen MR) is 65.4 cm³/mol. The third kappa shape index (κ3) is 3.99. The zero-order chi connectivity index (χ0) is 13.2. The first-order valence-electron chi connectivity index (χ1n) is 4.84. The van der Waals surface area contributed by atoms with Crippen molar-refractivity contribution in [1.29, 1.82) is 0 Å². The Morgan fingerprint density at radius 1 is 1.35 bits per heavy atom. The Morgan fingerprint density at radius 2 is 1.94 bits per heavy atom. The SMILES string of the molecule is CC(C)NC(=O)c1cc(Cl)cc(S(N)(=O)=O)c1. The van der Waals surface area contributed by atoms with Gasteiger partial charge in [-0.3, -0.25) is 4.79 Å². The maximum absolute atomic E-state index is 11.7. The number of nitrogens with two attached hydrogens (primary N) is 1. The van der Waals surface area contributed by atoms with Crippen LogP contribution < -0.4 is 10.5 Å². The lowest BCUT2D eigenvalue weighted by atomic mass is 10.2. The fourth-order valence-electron chi connectivity index (χ4n) is 1.20. The summed E-state index contributed by atoms with van der Waals surface area (Å²) in [6, 6.07) is 3.72. The second-order valence-electron chi connectivity index (χ2n) is 3.85. The average Bonchev–Trinajstić information content (AvgIpc) is 2.14. The molecule has 0 radical (unpaired) electrons. The van der Waals surface area contributed by atoms with Crippen molar-refractivity contribution >= 4 is 27.5 Å². The molecular formula is C10H13ClN2O3S. The van der Waals surface area contributed by atoms with E-state index in [0.717, 1.165) is 0 Å². The molecule has 0 aliphatic rings. The molecule has 0 aromatic heterocycles. The molecule has 0 saturated carbocycles. The number of sulfonamides is 1. The highest BCUT2D eigenvalue weighted by Gasteiger charge is 2.14. The van der Waals surface area contributed by atoms with Gasteiger partial charge in [-0.25, -0.2) is 13.6 Å². The lowest BCUT2D eigenvalue weighted by Gasteiger charge is -2.09. The summed E-state index contributed by atoms with van der Waals surface area (Å²) in [4.78, 5) is 11.5. The molecule has 0 heterocycles. The van der Waals surface area contributed by atoms with Gasteiger partial charge < -0.3 is 5.32 Å². The number of primary sulfonamides is 1. The van der Waals surface area contributed by atoms with Gasteiger partial charge in [-0.2, -0.15) is 0 Å². The number of halogens is 1. The second kappa shape index (κ2) is 5.03. The molecule has 0 fully saturated rings. The van der Waals surface area contributed by atoms with Gasteiger partial charge in [0.25, 0.3) is 5.91 Å². The summed E-state index contributed by atoms with van der Waals surface area (Å²) in [5.74, 6) is -0.396. The first kappa shape index (κ1) is 14.0. The van der Waals surface area contributed by atoms with Gasteiger partial charge in [0.05, 0.1) is 4.90 Å². The van der Waals surface area contributed by atoms with Crippen LogP contribution in [-0.2, 0) is 10.0 Å². The van der Waals surface area contributed by atoms with Gasteiger partial charge in [-0.1, -0.05) is 11.6 Å². The van der Waals surface area contributed by atoms with Crippen molar-refractivity contribution in [3.05, 3.63) is 28.8 Å². The molecule has 1 aromatic carbocycles. The van der Waals surface area contributed by atoms with Crippen molar-refractivity contribution in [2.24, 2.45) is 5.14 Å². The molecule has 0 saturated heterocycles. The number of amides is 1. The van der Waals surface area contributed by atoms with Crippen LogP contribution in [0, 0.1) is 0 Å². The Kier molecular flexibility index (Phi) is 4.13. The summed E-state index contributed by atoms with van der Waals surface area (Å²) in [6.07, 6.45) is 0. The molecule has 1 rings (SSSR count). The van der Waals surface area contributed by atoms with Gasteiger partial charge >= 0.3 is 0 Å². The molecule has 3 N–H and O–H groups in total. The predicted octanol–water partition coefficient (Wildman–Crippen LogP) is 1.13. The van der Waals surface area contributed by atoms with E-state index in [1.54, 1.807) is 13.8 Å². The first-order valence-corrected chi connectivity index (χ1v) is 6.77. The minimum Gasteiger partial charge on any atom is -0.350 e. The van der Waals surface area contributed by atoms with Crippen LogP contribution in [0.25, 0.3) is 0 Å². The maximum Gasteiger partial charge on any atom is 0.251 e. The monoisotopic (exact) mass is 276 g/mol. The minimum atomic E-state index is -3.87. The second-order valence-corrected chi connectivity index (χ2v) is 5.85. The minimum absolute atomic E-state index is 0.0561. The molecule has 7 heteroatoms. The highest BCUT2D eigenvalue weighted by molar-refractivity contribution is 7.89. The number of carbonyl (C=O) groups excluding carboxylic acids is 1. The summed E-state index contributed by atoms with van der Waals surface area (Å²) in [6.45, 7) is 3.59. The van der Waals surface area contributed by atoms with E-state index in [1.807, 2.05) is 0 Å². The molecule has 0 atom stereocenters. The summed E-state index contributed by atoms with van der Waals surface area (Å²) in [7, 11) is -3.87. The Bertz CT molecular complexity index is 540. The lowest BCUT2D eigenvalue weighted by molar-refractivity contribution is 0.0943. The fraction of sp³-hybridized carbons (Fsp3) is 0.300. The quantitative estimate of drug-likeness (QED) is 0.867. The van der Waals surface area contributed by atoms with E-state index in [1.165, 1.54) is 18.2 Å². The van der Waals surface area contributed by atoms with E-state index in [0.29, 0.717) is 0 Å². The first-order chi connectivity index (χ1) is 7.70. The number of nitrogens with one attached hydrogen (secondary N) is 1. The summed E-state index contributed by atoms with van der Waals surface area (Å²) in [5, 5.41) is 7.75. The Balaban J connectivity index is 3.19. The molecule has 1 amide bonds. The van der Waals surface area contributed by atoms with E-state index < -0.39 is 15.9 Å². The average molecular weight is 277 g/mol. The maximum atomic E-state index is 11.7. The van der Waals surface area contributed by atoms with Gasteiger partial charge in [0, 0.05) is 16.6 Å². The van der Waals surface area contributed by atoms with E-state index in [9.17, 15) is 13.2 Å². The smallest absolute Gasteiger partial charge is 0.251 e. The third-order valence-corrected chi connectivity index (χ3v) is 2.99. The van der Waals surface area contributed by atoms with Gasteiger partial charge in [0.15, 0.2) is 0 Å². The van der Waals surface area contributed by atoms with Crippen molar-refractivity contribution in [2.75, 3.05) is 0 Å². The van der Waals surface area contributed by atoms with Crippen LogP contribution in [0.5, 0.6) is 0 Å². The van der Waals surface area contributed by atoms with Gasteiger partial charge in [0.2, 0.25) is 10.0 Å². The number of hydrogen-bond donors (Lipinski definition) is 2. The molecule has 0 spiro atoms. The topological polar surface area (TPSA) is 89.3 Å². The van der Waals surface area contributed by atoms with Crippen LogP contribution in [0.1, 0.15) is 24.2 Å². The van der Waals surface area contributed by atoms with Gasteiger partial charge in [-0.15, -0.1) is 0 Å². The summed E-state index contributed by atoms with van der Waals surface area (Å²) in [5.41, 5.74) is 0.162. The van der Waals surface area contributed by atoms with Crippen LogP contribution >= 0.6 is 11.6 Å². The molecular weight excluding hydrogens is 264 g/mol. The van der Waals surface area contributed by atoms with Crippen molar-refractivity contribution < 1.29 is 13.2 Å². The van der Waals surface area contributed by atoms with Crippen molar-refractivity contribution in [3.63, 3.8) is 0 Å². The van der Waals surface area contributed by atoms with E-state index in [4.69, 9.17) is 16.7 Å². The zero-order valence-corrected chi connectivity index (χ0v) is 11.0. The molecule has 0 unspecified atom stereocenters. The molecule has 5 nitrogen and oxygen atoms in total. The molecule has 0 bridgehead atoms. The molecule has 17 heavy (non-hydrogen) atoms. The Morgan fingerprint density at radius 3 is 2.41 bits per heavy atom. The van der Waals surface area contributed by atoms with Crippen molar-refractivity contribution in [3.8, 4) is 0 Å². The molecule has 0 aliphatic carbocycles. The highest BCUT2D eigenvalue weighted by Crippen LogP contribution is 2.18. The van der Waals surface area contributed by atoms with Crippen molar-refractivity contribution in [2.45, 2.75) is 24.8 Å². The van der Waals surface area contributed by atoms with Gasteiger partial charge in [0.1, 0.15) is 0 Å². The summed E-state index contributed by atoms with van der Waals surface area (Å²) >= 11 is 5.74. The van der Waals surface area contributed by atoms with Crippen LogP contribution in [0.2, 0.25) is 5.02 Å². The Hall–Kier alpha value is -1.11. The highest BCUT2D eigenvalue weighted by atomic mass is 35.5. The largest absolute Gasteiger partial charge is 0.350 e. The van der Waals surface area contributed by atoms with E-state index in [2.05, 4.69) is 5.32 Å². The third-order valence-electron chi connectivity index (χ3n) is 1.88. The number of hydrogen-bond acceptors (Lipinski definition) is 3. The molecule has 0 aliphatic heterocycles. The number of benzene rings is 1. The standard InChI is InChI=1S/C10H13ClN2O3S/c1-6(2)13-10(14)7-3-8(11)5-9(4-7)17(12,15)16/h3-6H,1-2H3,(H,13,14)(H2,12,15,16). The normalized spacial score (nSPS) is 11.6. The summed E-state index contributed by atoms with van der Waals surface area (Å²) < 4.78 is 22.3.